The molecule has 106 valence electrons. The fourth-order valence-electron chi connectivity index (χ4n) is 2.06. The molecule has 1 aliphatic rings. The second kappa shape index (κ2) is 4.57. The van der Waals surface area contributed by atoms with Crippen LogP contribution in [0.2, 0.25) is 0 Å². The average molecular weight is 273 g/mol. The Kier molecular flexibility index (Phi) is 3.02. The Morgan fingerprint density at radius 1 is 1.63 bits per heavy atom. The van der Waals surface area contributed by atoms with Gasteiger partial charge in [-0.25, -0.2) is 4.79 Å². The van der Waals surface area contributed by atoms with E-state index in [2.05, 4.69) is 0 Å². The number of nitrogens with one attached hydrogen (secondary N) is 1. The number of aliphatic hydroxyl groups excluding tert-OH is 2. The Hall–Kier alpha value is -1.48. The quantitative estimate of drug-likeness (QED) is 0.487. The van der Waals surface area contributed by atoms with Crippen molar-refractivity contribution < 1.29 is 21.4 Å². The highest BCUT2D eigenvalue weighted by molar-refractivity contribution is 5.05. The Labute approximate surface area is 109 Å². The predicted molar refractivity (Wildman–Crippen MR) is 63.7 cm³/mol. The van der Waals surface area contributed by atoms with Crippen molar-refractivity contribution in [3.8, 4) is 0 Å². The molecule has 4 atom stereocenters. The highest BCUT2D eigenvalue weighted by atomic mass is 16.6. The van der Waals surface area contributed by atoms with E-state index in [1.54, 1.807) is 0 Å². The lowest BCUT2D eigenvalue weighted by Crippen LogP contribution is -2.47. The van der Waals surface area contributed by atoms with Crippen molar-refractivity contribution in [3.05, 3.63) is 32.6 Å². The van der Waals surface area contributed by atoms with Gasteiger partial charge in [-0.05, 0) is 13.8 Å². The van der Waals surface area contributed by atoms with E-state index in [9.17, 15) is 19.8 Å². The Bertz CT molecular complexity index is 637. The first kappa shape index (κ1) is 12.5. The molecule has 2 heterocycles. The third-order valence-corrected chi connectivity index (χ3v) is 3.24. The molecule has 0 unspecified atom stereocenters. The number of aromatic nitrogens is 2. The van der Waals surface area contributed by atoms with Gasteiger partial charge in [0.1, 0.15) is 17.8 Å². The number of H-pyrrole nitrogens is 1. The van der Waals surface area contributed by atoms with Crippen molar-refractivity contribution in [1.82, 2.24) is 9.55 Å². The van der Waals surface area contributed by atoms with E-state index < -0.39 is 48.1 Å². The van der Waals surface area contributed by atoms with E-state index >= 15 is 0 Å². The number of ether oxygens (including phenoxy) is 1. The van der Waals surface area contributed by atoms with Gasteiger partial charge in [0, 0.05) is 11.7 Å². The van der Waals surface area contributed by atoms with E-state index in [0.717, 1.165) is 4.57 Å². The van der Waals surface area contributed by atoms with Gasteiger partial charge >= 0.3 is 5.69 Å². The first-order valence-corrected chi connectivity index (χ1v) is 5.70. The van der Waals surface area contributed by atoms with Crippen LogP contribution in [0, 0.1) is 6.92 Å². The smallest absolute Gasteiger partial charge is 0.330 e. The molecule has 4 N–H and O–H groups in total. The summed E-state index contributed by atoms with van der Waals surface area (Å²) in [5.41, 5.74) is -3.54. The largest absolute Gasteiger partial charge is 0.394 e. The second-order valence-electron chi connectivity index (χ2n) is 4.75. The minimum absolute atomic E-state index is 0.0223. The number of rotatable bonds is 2. The first-order chi connectivity index (χ1) is 9.21. The van der Waals surface area contributed by atoms with E-state index in [1.165, 1.54) is 13.8 Å². The van der Waals surface area contributed by atoms with Crippen LogP contribution in [0.15, 0.2) is 15.8 Å². The van der Waals surface area contributed by atoms with E-state index in [-0.39, 0.29) is 5.56 Å². The van der Waals surface area contributed by atoms with E-state index in [1.807, 2.05) is 4.98 Å². The molecule has 8 nitrogen and oxygen atoms in total. The van der Waals surface area contributed by atoms with Gasteiger partial charge in [0.2, 0.25) is 0 Å². The average Bonchev–Trinajstić information content (AvgIpc) is 2.60. The van der Waals surface area contributed by atoms with Crippen LogP contribution in [0.3, 0.4) is 0 Å². The van der Waals surface area contributed by atoms with Gasteiger partial charge in [0.15, 0.2) is 6.23 Å². The monoisotopic (exact) mass is 273 g/mol. The summed E-state index contributed by atoms with van der Waals surface area (Å²) in [6.45, 7) is 2.02. The standard InChI is InChI=1S/C11H16N2O6/c1-5-3-13(10(17)12-8(5)16)9-11(2,18)7(15)6(4-14)19-9/h3,6-7,9,14-15,18H,4H2,1-2H3,(H,12,16,17)/t6-,7-,9-,11-/m1/s1/i3D. The van der Waals surface area contributed by atoms with Crippen LogP contribution in [0.5, 0.6) is 0 Å². The number of hydrogen-bond donors (Lipinski definition) is 4. The third kappa shape index (κ3) is 2.12. The first-order valence-electron chi connectivity index (χ1n) is 6.20. The molecule has 0 spiro atoms. The van der Waals surface area contributed by atoms with E-state index in [0.29, 0.717) is 0 Å². The molecule has 1 saturated heterocycles. The molecular formula is C11H16N2O6. The number of hydrogen-bond acceptors (Lipinski definition) is 6. The summed E-state index contributed by atoms with van der Waals surface area (Å²) in [5.74, 6) is 0. The van der Waals surface area contributed by atoms with Crippen molar-refractivity contribution in [2.24, 2.45) is 0 Å². The maximum absolute atomic E-state index is 11.8. The van der Waals surface area contributed by atoms with Crippen LogP contribution in [-0.2, 0) is 4.74 Å². The minimum Gasteiger partial charge on any atom is -0.394 e. The molecule has 0 saturated carbocycles. The molecule has 0 amide bonds. The van der Waals surface area contributed by atoms with Crippen molar-refractivity contribution in [2.45, 2.75) is 37.9 Å². The molecular weight excluding hydrogens is 256 g/mol. The van der Waals surface area contributed by atoms with Crippen LogP contribution < -0.4 is 11.2 Å². The van der Waals surface area contributed by atoms with Gasteiger partial charge in [-0.15, -0.1) is 0 Å². The summed E-state index contributed by atoms with van der Waals surface area (Å²) < 4.78 is 13.8. The lowest BCUT2D eigenvalue weighted by Gasteiger charge is -2.27. The molecule has 0 bridgehead atoms. The Morgan fingerprint density at radius 3 is 2.79 bits per heavy atom. The van der Waals surface area contributed by atoms with Crippen molar-refractivity contribution in [3.63, 3.8) is 0 Å². The van der Waals surface area contributed by atoms with Crippen molar-refractivity contribution >= 4 is 0 Å². The number of nitrogens with zero attached hydrogens (tertiary/aromatic N) is 1. The molecule has 0 aromatic carbocycles. The molecule has 1 fully saturated rings. The maximum Gasteiger partial charge on any atom is 0.330 e. The van der Waals surface area contributed by atoms with Gasteiger partial charge in [-0.3, -0.25) is 14.3 Å². The molecule has 19 heavy (non-hydrogen) atoms. The van der Waals surface area contributed by atoms with Gasteiger partial charge in [0.25, 0.3) is 5.56 Å². The molecule has 1 aliphatic heterocycles. The third-order valence-electron chi connectivity index (χ3n) is 3.24. The fraction of sp³-hybridized carbons (Fsp3) is 0.636. The summed E-state index contributed by atoms with van der Waals surface area (Å²) in [6, 6.07) is 0. The topological polar surface area (TPSA) is 125 Å². The molecule has 1 aromatic heterocycles. The summed E-state index contributed by atoms with van der Waals surface area (Å²) in [4.78, 5) is 25.2. The molecule has 2 rings (SSSR count). The Balaban J connectivity index is 2.61. The molecule has 1 aromatic rings. The summed E-state index contributed by atoms with van der Waals surface area (Å²) >= 11 is 0. The molecule has 0 radical (unpaired) electrons. The van der Waals surface area contributed by atoms with Crippen LogP contribution in [0.1, 0.15) is 20.1 Å². The highest BCUT2D eigenvalue weighted by Crippen LogP contribution is 2.37. The summed E-state index contributed by atoms with van der Waals surface area (Å²) in [5, 5.41) is 29.2. The summed E-state index contributed by atoms with van der Waals surface area (Å²) in [6.07, 6.45) is -4.33. The second-order valence-corrected chi connectivity index (χ2v) is 4.75. The van der Waals surface area contributed by atoms with Crippen LogP contribution >= 0.6 is 0 Å². The normalized spacial score (nSPS) is 35.4. The molecule has 0 aliphatic carbocycles. The zero-order valence-corrected chi connectivity index (χ0v) is 10.5. The van der Waals surface area contributed by atoms with Gasteiger partial charge in [-0.1, -0.05) is 0 Å². The Morgan fingerprint density at radius 2 is 2.26 bits per heavy atom. The van der Waals surface area contributed by atoms with E-state index in [4.69, 9.17) is 11.2 Å². The van der Waals surface area contributed by atoms with Gasteiger partial charge in [-0.2, -0.15) is 0 Å². The minimum atomic E-state index is -1.89. The maximum atomic E-state index is 11.8. The predicted octanol–water partition coefficient (Wildman–Crippen LogP) is -2.15. The SMILES string of the molecule is [2H]c1c(C)c(=O)[nH]c(=O)n1[C@@H]1O[C@H](CO)[C@@H](O)[C@@]1(C)O. The fourth-order valence-corrected chi connectivity index (χ4v) is 2.06. The van der Waals surface area contributed by atoms with Crippen LogP contribution in [0.4, 0.5) is 0 Å². The lowest BCUT2D eigenvalue weighted by atomic mass is 9.96. The van der Waals surface area contributed by atoms with Crippen molar-refractivity contribution in [1.29, 1.82) is 0 Å². The number of aromatic amines is 1. The van der Waals surface area contributed by atoms with Gasteiger partial charge in [0.05, 0.1) is 7.98 Å². The van der Waals surface area contributed by atoms with Crippen LogP contribution in [0.25, 0.3) is 0 Å². The number of aliphatic hydroxyl groups is 3. The zero-order chi connectivity index (χ0) is 15.2. The molecule has 8 heteroatoms. The zero-order valence-electron chi connectivity index (χ0n) is 11.5. The summed E-state index contributed by atoms with van der Waals surface area (Å²) in [7, 11) is 0. The van der Waals surface area contributed by atoms with Crippen molar-refractivity contribution in [2.75, 3.05) is 6.61 Å². The highest BCUT2D eigenvalue weighted by Gasteiger charge is 2.53. The van der Waals surface area contributed by atoms with Crippen LogP contribution in [-0.4, -0.2) is 49.3 Å². The lowest BCUT2D eigenvalue weighted by molar-refractivity contribution is -0.0988. The van der Waals surface area contributed by atoms with Gasteiger partial charge < -0.3 is 20.1 Å².